The van der Waals surface area contributed by atoms with E-state index in [4.69, 9.17) is 79.0 Å². The van der Waals surface area contributed by atoms with Gasteiger partial charge in [-0.15, -0.1) is 0 Å². The van der Waals surface area contributed by atoms with E-state index < -0.39 is 10.8 Å². The molecule has 10 nitrogen and oxygen atoms in total. The predicted molar refractivity (Wildman–Crippen MR) is 121 cm³/mol. The molecule has 2 aromatic rings. The van der Waals surface area contributed by atoms with E-state index in [-0.39, 0.29) is 11.4 Å². The maximum atomic E-state index is 8.75. The summed E-state index contributed by atoms with van der Waals surface area (Å²) < 4.78 is 19.7. The van der Waals surface area contributed by atoms with Crippen LogP contribution in [0.5, 0.6) is 23.0 Å². The molecule has 0 spiro atoms. The van der Waals surface area contributed by atoms with Gasteiger partial charge in [0, 0.05) is 12.1 Å². The Kier molecular flexibility index (Phi) is 13.9. The third-order valence-electron chi connectivity index (χ3n) is 3.46. The summed E-state index contributed by atoms with van der Waals surface area (Å²) >= 11 is 0. The van der Waals surface area contributed by atoms with Gasteiger partial charge < -0.3 is 18.9 Å². The molecule has 0 fully saturated rings. The minimum atomic E-state index is -3.36. The number of hydrogen-bond acceptors (Lipinski definition) is 8. The van der Waals surface area contributed by atoms with Crippen molar-refractivity contribution in [1.29, 1.82) is 21.3 Å². The Balaban J connectivity index is 0.000000517. The number of nitriles is 2. The molecule has 0 unspecified atom stereocenters. The molecule has 172 valence electrons. The molecular formula is C18H16Cl4N6O4Zn. The summed E-state index contributed by atoms with van der Waals surface area (Å²) in [4.78, 5) is 6.02. The molecule has 0 aliphatic carbocycles. The van der Waals surface area contributed by atoms with Crippen molar-refractivity contribution in [3.63, 3.8) is 0 Å². The van der Waals surface area contributed by atoms with E-state index in [1.807, 2.05) is 12.1 Å². The first-order valence-corrected chi connectivity index (χ1v) is 24.2. The molecule has 0 aliphatic rings. The van der Waals surface area contributed by atoms with Crippen molar-refractivity contribution in [2.45, 2.75) is 0 Å². The van der Waals surface area contributed by atoms with Gasteiger partial charge in [-0.2, -0.15) is 10.5 Å². The van der Waals surface area contributed by atoms with Gasteiger partial charge in [0.2, 0.25) is 22.3 Å². The van der Waals surface area contributed by atoms with Crippen molar-refractivity contribution >= 4 is 50.1 Å². The molecule has 0 saturated carbocycles. The quantitative estimate of drug-likeness (QED) is 0.279. The second kappa shape index (κ2) is 15.1. The van der Waals surface area contributed by atoms with Gasteiger partial charge in [-0.3, -0.25) is 0 Å². The summed E-state index contributed by atoms with van der Waals surface area (Å²) in [5.41, 5.74) is 1.11. The van der Waals surface area contributed by atoms with Crippen molar-refractivity contribution in [2.75, 3.05) is 28.4 Å². The summed E-state index contributed by atoms with van der Waals surface area (Å²) in [5, 5.41) is 34.8. The van der Waals surface area contributed by atoms with Crippen LogP contribution in [-0.2, 0) is 10.8 Å². The first-order chi connectivity index (χ1) is 15.5. The van der Waals surface area contributed by atoms with Gasteiger partial charge in [0.1, 0.15) is 23.6 Å². The third-order valence-corrected chi connectivity index (χ3v) is 3.46. The van der Waals surface area contributed by atoms with E-state index in [9.17, 15) is 0 Å². The van der Waals surface area contributed by atoms with Gasteiger partial charge in [0.15, 0.2) is 9.95 Å². The Bertz CT molecular complexity index is 961. The van der Waals surface area contributed by atoms with Gasteiger partial charge in [-0.1, -0.05) is 0 Å². The fourth-order valence-electron chi connectivity index (χ4n) is 2.09. The van der Waals surface area contributed by atoms with Crippen molar-refractivity contribution in [3.05, 3.63) is 45.3 Å². The van der Waals surface area contributed by atoms with Gasteiger partial charge in [-0.05, 0) is 0 Å². The Morgan fingerprint density at radius 1 is 0.636 bits per heavy atom. The van der Waals surface area contributed by atoms with Gasteiger partial charge in [0.05, 0.1) is 51.7 Å². The number of hydrogen-bond donors (Lipinski definition) is 0. The second-order valence-corrected chi connectivity index (χ2v) is 33.2. The Hall–Kier alpha value is -2.76. The molecule has 15 heteroatoms. The molecule has 0 atom stereocenters. The monoisotopic (exact) mass is 584 g/mol. The third kappa shape index (κ3) is 10.6. The van der Waals surface area contributed by atoms with E-state index >= 15 is 0 Å². The SMILES string of the molecule is COc1cc([N+]#N)c(OC)cc1C#N.COc1cc([N+]#N)c(OC)cc1C#N.[Cl][Zn-2]([Cl])([Cl])[Cl]. The van der Waals surface area contributed by atoms with Gasteiger partial charge in [0.25, 0.3) is 0 Å². The van der Waals surface area contributed by atoms with Crippen LogP contribution < -0.4 is 18.9 Å². The number of nitrogens with zero attached hydrogens (tertiary/aromatic N) is 6. The molecule has 0 radical (unpaired) electrons. The van der Waals surface area contributed by atoms with Gasteiger partial charge >= 0.3 is 61.0 Å². The second-order valence-electron chi connectivity index (χ2n) is 5.48. The first-order valence-electron chi connectivity index (χ1n) is 8.62. The molecule has 0 saturated heterocycles. The summed E-state index contributed by atoms with van der Waals surface area (Å²) in [6, 6.07) is 9.65. The van der Waals surface area contributed by atoms with Crippen LogP contribution in [0.4, 0.5) is 11.4 Å². The summed E-state index contributed by atoms with van der Waals surface area (Å²) in [5.74, 6) is 1.34. The number of rotatable bonds is 4. The van der Waals surface area contributed by atoms with E-state index in [2.05, 4.69) is 9.95 Å². The van der Waals surface area contributed by atoms with E-state index in [0.29, 0.717) is 34.1 Å². The zero-order valence-electron chi connectivity index (χ0n) is 17.8. The van der Waals surface area contributed by atoms with Crippen LogP contribution in [-0.4, -0.2) is 28.4 Å². The number of benzene rings is 2. The number of methoxy groups -OCH3 is 4. The molecule has 0 N–H and O–H groups in total. The Morgan fingerprint density at radius 2 is 0.909 bits per heavy atom. The van der Waals surface area contributed by atoms with E-state index in [0.717, 1.165) is 0 Å². The maximum absolute atomic E-state index is 8.75. The Labute approximate surface area is 209 Å². The molecule has 0 heterocycles. The summed E-state index contributed by atoms with van der Waals surface area (Å²) in [7, 11) is 22.5. The van der Waals surface area contributed by atoms with Crippen LogP contribution in [0.1, 0.15) is 11.1 Å². The first kappa shape index (κ1) is 30.2. The molecule has 0 bridgehead atoms. The van der Waals surface area contributed by atoms with Crippen LogP contribution in [0.3, 0.4) is 0 Å². The normalized spacial score (nSPS) is 9.09. The number of diazo groups is 2. The van der Waals surface area contributed by atoms with Crippen LogP contribution >= 0.6 is 38.8 Å². The van der Waals surface area contributed by atoms with Crippen LogP contribution in [0, 0.1) is 33.4 Å². The fraction of sp³-hybridized carbons (Fsp3) is 0.222. The molecule has 33 heavy (non-hydrogen) atoms. The van der Waals surface area contributed by atoms with Crippen LogP contribution in [0.2, 0.25) is 0 Å². The minimum absolute atomic E-state index is 0.225. The molecule has 0 aromatic heterocycles. The summed E-state index contributed by atoms with van der Waals surface area (Å²) in [6.07, 6.45) is 0. The zero-order valence-corrected chi connectivity index (χ0v) is 23.8. The molecule has 0 aliphatic heterocycles. The number of ether oxygens (including phenoxy) is 4. The molecule has 2 rings (SSSR count). The van der Waals surface area contributed by atoms with Gasteiger partial charge in [-0.25, -0.2) is 0 Å². The van der Waals surface area contributed by atoms with Crippen molar-refractivity contribution in [1.82, 2.24) is 0 Å². The van der Waals surface area contributed by atoms with E-state index in [1.54, 1.807) is 0 Å². The number of halogens is 4. The zero-order chi connectivity index (χ0) is 25.6. The van der Waals surface area contributed by atoms with Crippen molar-refractivity contribution < 1.29 is 29.8 Å². The molecular weight excluding hydrogens is 571 g/mol. The molecule has 2 aromatic carbocycles. The van der Waals surface area contributed by atoms with E-state index in [1.165, 1.54) is 52.7 Å². The Morgan fingerprint density at radius 3 is 1.09 bits per heavy atom. The van der Waals surface area contributed by atoms with Crippen LogP contribution in [0.25, 0.3) is 9.95 Å². The van der Waals surface area contributed by atoms with Crippen molar-refractivity contribution in [2.24, 2.45) is 0 Å². The fourth-order valence-corrected chi connectivity index (χ4v) is 2.09. The van der Waals surface area contributed by atoms with Crippen LogP contribution in [0.15, 0.2) is 24.3 Å². The standard InChI is InChI=1S/2C9H8N3O2.4ClH.Zn/c2*1-13-8-4-7(12-11)9(14-2)3-6(8)5-10;;;;;/h2*3-4H,1-2H3;4*1H;/q2*+1;;;;;+2/p-4. The average molecular weight is 588 g/mol. The molecule has 0 amide bonds. The average Bonchev–Trinajstić information content (AvgIpc) is 2.81. The topological polar surface area (TPSA) is 141 Å². The predicted octanol–water partition coefficient (Wildman–Crippen LogP) is 6.88. The summed E-state index contributed by atoms with van der Waals surface area (Å²) in [6.45, 7) is 0. The van der Waals surface area contributed by atoms with Crippen molar-refractivity contribution in [3.8, 4) is 35.1 Å².